The highest BCUT2D eigenvalue weighted by Crippen LogP contribution is 2.29. The number of nitrogens with zero attached hydrogens (tertiary/aromatic N) is 2. The summed E-state index contributed by atoms with van der Waals surface area (Å²) in [6.07, 6.45) is 0. The molecule has 6 heteroatoms. The maximum atomic E-state index is 14.0. The molecule has 1 aromatic heterocycles. The van der Waals surface area contributed by atoms with E-state index in [9.17, 15) is 8.60 Å². The fraction of sp³-hybridized carbons (Fsp3) is 0.333. The number of rotatable bonds is 3. The summed E-state index contributed by atoms with van der Waals surface area (Å²) in [5, 5.41) is 0.462. The smallest absolute Gasteiger partial charge is 0.232 e. The Balaban J connectivity index is 2.35. The Labute approximate surface area is 130 Å². The van der Waals surface area contributed by atoms with Crippen LogP contribution in [0, 0.1) is 5.95 Å². The third kappa shape index (κ3) is 3.83. The van der Waals surface area contributed by atoms with Crippen LogP contribution in [0.3, 0.4) is 0 Å². The lowest BCUT2D eigenvalue weighted by Crippen LogP contribution is -2.20. The Morgan fingerprint density at radius 1 is 1.29 bits per heavy atom. The first-order valence-electron chi connectivity index (χ1n) is 6.48. The van der Waals surface area contributed by atoms with Gasteiger partial charge in [-0.3, -0.25) is 0 Å². The number of aromatic nitrogens is 1. The van der Waals surface area contributed by atoms with Gasteiger partial charge in [-0.05, 0) is 33.3 Å². The Morgan fingerprint density at radius 3 is 2.48 bits per heavy atom. The van der Waals surface area contributed by atoms with Gasteiger partial charge in [0.25, 0.3) is 0 Å². The van der Waals surface area contributed by atoms with Crippen LogP contribution in [0.4, 0.5) is 4.39 Å². The van der Waals surface area contributed by atoms with Gasteiger partial charge in [0.05, 0.1) is 15.3 Å². The summed E-state index contributed by atoms with van der Waals surface area (Å²) in [6, 6.07) is 9.25. The summed E-state index contributed by atoms with van der Waals surface area (Å²) in [6.45, 7) is 7.24. The molecule has 2 aromatic rings. The van der Waals surface area contributed by atoms with Crippen molar-refractivity contribution in [2.24, 2.45) is 4.40 Å². The predicted octanol–water partition coefficient (Wildman–Crippen LogP) is 4.22. The maximum Gasteiger partial charge on any atom is 0.232 e. The Hall–Kier alpha value is -1.40. The summed E-state index contributed by atoms with van der Waals surface area (Å²) in [4.78, 5) is 4.38. The quantitative estimate of drug-likeness (QED) is 0.793. The van der Waals surface area contributed by atoms with Crippen molar-refractivity contribution in [2.75, 3.05) is 0 Å². The first-order chi connectivity index (χ1) is 9.79. The lowest BCUT2D eigenvalue weighted by molar-refractivity contribution is 0.594. The molecule has 0 amide bonds. The monoisotopic (exact) mass is 324 g/mol. The second kappa shape index (κ2) is 6.15. The van der Waals surface area contributed by atoms with Crippen LogP contribution >= 0.6 is 11.3 Å². The van der Waals surface area contributed by atoms with Crippen molar-refractivity contribution in [3.63, 3.8) is 0 Å². The van der Waals surface area contributed by atoms with Crippen LogP contribution in [0.2, 0.25) is 0 Å². The van der Waals surface area contributed by atoms with E-state index >= 15 is 0 Å². The zero-order valence-corrected chi connectivity index (χ0v) is 14.0. The van der Waals surface area contributed by atoms with Crippen molar-refractivity contribution in [1.29, 1.82) is 0 Å². The zero-order valence-electron chi connectivity index (χ0n) is 12.4. The molecule has 0 unspecified atom stereocenters. The molecule has 0 aliphatic carbocycles. The Kier molecular flexibility index (Phi) is 4.68. The Morgan fingerprint density at radius 2 is 1.90 bits per heavy atom. The van der Waals surface area contributed by atoms with Gasteiger partial charge in [-0.25, -0.2) is 9.19 Å². The van der Waals surface area contributed by atoms with Crippen LogP contribution in [0.1, 0.15) is 32.7 Å². The average Bonchev–Trinajstić information content (AvgIpc) is 2.81. The van der Waals surface area contributed by atoms with Gasteiger partial charge in [-0.15, -0.1) is 11.3 Å². The van der Waals surface area contributed by atoms with E-state index in [4.69, 9.17) is 0 Å². The predicted molar refractivity (Wildman–Crippen MR) is 87.6 cm³/mol. The molecule has 2 rings (SSSR count). The van der Waals surface area contributed by atoms with Crippen molar-refractivity contribution >= 4 is 28.0 Å². The van der Waals surface area contributed by atoms with Crippen LogP contribution < -0.4 is 0 Å². The highest BCUT2D eigenvalue weighted by Gasteiger charge is 2.21. The van der Waals surface area contributed by atoms with Gasteiger partial charge >= 0.3 is 0 Å². The highest BCUT2D eigenvalue weighted by molar-refractivity contribution is 7.85. The van der Waals surface area contributed by atoms with Crippen molar-refractivity contribution in [1.82, 2.24) is 4.98 Å². The van der Waals surface area contributed by atoms with Crippen LogP contribution in [-0.4, -0.2) is 19.7 Å². The average molecular weight is 324 g/mol. The second-order valence-corrected chi connectivity index (χ2v) is 8.45. The molecule has 0 radical (unpaired) electrons. The van der Waals surface area contributed by atoms with E-state index in [2.05, 4.69) is 9.38 Å². The highest BCUT2D eigenvalue weighted by atomic mass is 32.2. The Bertz CT molecular complexity index is 687. The van der Waals surface area contributed by atoms with Crippen LogP contribution in [-0.2, 0) is 11.0 Å². The summed E-state index contributed by atoms with van der Waals surface area (Å²) < 4.78 is 29.7. The van der Waals surface area contributed by atoms with Crippen molar-refractivity contribution < 1.29 is 8.60 Å². The third-order valence-corrected chi connectivity index (χ3v) is 5.35. The SMILES string of the molecule is C/C(=N\[S@](=O)C(C)(C)C)c1nc(F)c(-c2ccccc2)s1. The molecular formula is C15H17FN2OS2. The molecule has 0 spiro atoms. The largest absolute Gasteiger partial charge is 0.234 e. The molecule has 112 valence electrons. The molecule has 1 atom stereocenters. The minimum Gasteiger partial charge on any atom is -0.234 e. The van der Waals surface area contributed by atoms with E-state index in [0.717, 1.165) is 5.56 Å². The molecule has 21 heavy (non-hydrogen) atoms. The molecule has 0 fully saturated rings. The molecule has 3 nitrogen and oxygen atoms in total. The minimum absolute atomic E-state index is 0.445. The summed E-state index contributed by atoms with van der Waals surface area (Å²) >= 11 is 1.22. The maximum absolute atomic E-state index is 14.0. The molecule has 0 saturated carbocycles. The lowest BCUT2D eigenvalue weighted by Gasteiger charge is -2.13. The molecule has 0 saturated heterocycles. The van der Waals surface area contributed by atoms with E-state index < -0.39 is 21.7 Å². The van der Waals surface area contributed by atoms with Crippen molar-refractivity contribution in [2.45, 2.75) is 32.4 Å². The van der Waals surface area contributed by atoms with E-state index in [-0.39, 0.29) is 0 Å². The zero-order chi connectivity index (χ0) is 15.6. The van der Waals surface area contributed by atoms with E-state index in [1.165, 1.54) is 11.3 Å². The normalized spacial score (nSPS) is 14.2. The first kappa shape index (κ1) is 16.0. The number of benzene rings is 1. The van der Waals surface area contributed by atoms with Gasteiger partial charge in [0.15, 0.2) is 0 Å². The van der Waals surface area contributed by atoms with Crippen LogP contribution in [0.15, 0.2) is 34.7 Å². The molecule has 0 aliphatic rings. The van der Waals surface area contributed by atoms with Crippen molar-refractivity contribution in [3.8, 4) is 10.4 Å². The fourth-order valence-electron chi connectivity index (χ4n) is 1.52. The second-order valence-electron chi connectivity index (χ2n) is 5.54. The standard InChI is InChI=1S/C15H17FN2OS2/c1-10(18-21(19)15(2,3)4)14-17-13(16)12(20-14)11-8-6-5-7-9-11/h5-9H,1-4H3/b18-10+/t21-/m1/s1. The number of hydrogen-bond acceptors (Lipinski definition) is 3. The van der Waals surface area contributed by atoms with Crippen LogP contribution in [0.25, 0.3) is 10.4 Å². The van der Waals surface area contributed by atoms with Gasteiger partial charge in [0.2, 0.25) is 5.95 Å². The van der Waals surface area contributed by atoms with Gasteiger partial charge in [0, 0.05) is 0 Å². The molecule has 1 aromatic carbocycles. The van der Waals surface area contributed by atoms with Crippen LogP contribution in [0.5, 0.6) is 0 Å². The van der Waals surface area contributed by atoms with Gasteiger partial charge < -0.3 is 0 Å². The summed E-state index contributed by atoms with van der Waals surface area (Å²) in [5.74, 6) is -0.516. The topological polar surface area (TPSA) is 42.3 Å². The lowest BCUT2D eigenvalue weighted by atomic mass is 10.2. The third-order valence-electron chi connectivity index (χ3n) is 2.67. The van der Waals surface area contributed by atoms with Gasteiger partial charge in [-0.2, -0.15) is 8.79 Å². The summed E-state index contributed by atoms with van der Waals surface area (Å²) in [5.41, 5.74) is 1.28. The molecule has 0 N–H and O–H groups in total. The first-order valence-corrected chi connectivity index (χ1v) is 8.41. The molecular weight excluding hydrogens is 307 g/mol. The molecule has 0 aliphatic heterocycles. The minimum atomic E-state index is -1.38. The number of thiazole rings is 1. The van der Waals surface area contributed by atoms with E-state index in [0.29, 0.717) is 15.6 Å². The molecule has 1 heterocycles. The van der Waals surface area contributed by atoms with Gasteiger partial charge in [-0.1, -0.05) is 30.3 Å². The van der Waals surface area contributed by atoms with E-state index in [1.54, 1.807) is 6.92 Å². The van der Waals surface area contributed by atoms with E-state index in [1.807, 2.05) is 51.1 Å². The number of halogens is 1. The van der Waals surface area contributed by atoms with Gasteiger partial charge in [0.1, 0.15) is 16.0 Å². The number of hydrogen-bond donors (Lipinski definition) is 0. The van der Waals surface area contributed by atoms with Crippen molar-refractivity contribution in [3.05, 3.63) is 41.3 Å². The fourth-order valence-corrected chi connectivity index (χ4v) is 3.09. The molecule has 0 bridgehead atoms. The summed E-state index contributed by atoms with van der Waals surface area (Å²) in [7, 11) is -1.38.